The molecule has 200 valence electrons. The standard InChI is InChI=1S/C29H43NO6/c1-3-4-7-10-23(31)16-13-21-14-17-25(32)24(21)11-8-5-6-9-12-29(36)30(2)20-28(35)22-15-18-26(33)27(34)19-22/h13,15-16,18-19,21,23-24,31,33-34H,3-12,14,17,20H2,1-2H3/t21-,23-,24-/m1/s1. The first kappa shape index (κ1) is 29.6. The van der Waals surface area contributed by atoms with Crippen LogP contribution in [0.3, 0.4) is 0 Å². The summed E-state index contributed by atoms with van der Waals surface area (Å²) in [4.78, 5) is 38.4. The number of nitrogens with zero attached hydrogens (tertiary/aromatic N) is 1. The van der Waals surface area contributed by atoms with E-state index in [2.05, 4.69) is 13.0 Å². The summed E-state index contributed by atoms with van der Waals surface area (Å²) in [5.41, 5.74) is 0.241. The lowest BCUT2D eigenvalue weighted by molar-refractivity contribution is -0.129. The van der Waals surface area contributed by atoms with Gasteiger partial charge in [-0.05, 0) is 49.8 Å². The molecule has 0 spiro atoms. The van der Waals surface area contributed by atoms with Crippen LogP contribution in [0.5, 0.6) is 11.5 Å². The highest BCUT2D eigenvalue weighted by molar-refractivity contribution is 5.99. The van der Waals surface area contributed by atoms with Crippen molar-refractivity contribution in [2.24, 2.45) is 11.8 Å². The fraction of sp³-hybridized carbons (Fsp3) is 0.621. The van der Waals surface area contributed by atoms with E-state index in [1.807, 2.05) is 6.08 Å². The van der Waals surface area contributed by atoms with Crippen LogP contribution in [0.4, 0.5) is 0 Å². The van der Waals surface area contributed by atoms with Crippen LogP contribution in [-0.4, -0.2) is 57.4 Å². The van der Waals surface area contributed by atoms with E-state index in [0.29, 0.717) is 18.6 Å². The van der Waals surface area contributed by atoms with Gasteiger partial charge in [0.1, 0.15) is 5.78 Å². The molecule has 2 rings (SSSR count). The number of phenolic OH excluding ortho intramolecular Hbond substituents is 2. The zero-order valence-electron chi connectivity index (χ0n) is 21.8. The van der Waals surface area contributed by atoms with Crippen LogP contribution in [0, 0.1) is 11.8 Å². The molecule has 0 unspecified atom stereocenters. The summed E-state index contributed by atoms with van der Waals surface area (Å²) < 4.78 is 0. The van der Waals surface area contributed by atoms with Crippen LogP contribution in [0.25, 0.3) is 0 Å². The van der Waals surface area contributed by atoms with Gasteiger partial charge in [0, 0.05) is 31.4 Å². The second kappa shape index (κ2) is 15.4. The molecule has 3 atom stereocenters. The topological polar surface area (TPSA) is 115 Å². The van der Waals surface area contributed by atoms with E-state index >= 15 is 0 Å². The van der Waals surface area contributed by atoms with Crippen molar-refractivity contribution in [2.75, 3.05) is 13.6 Å². The smallest absolute Gasteiger partial charge is 0.222 e. The fourth-order valence-electron chi connectivity index (χ4n) is 4.79. The minimum atomic E-state index is -0.424. The van der Waals surface area contributed by atoms with Gasteiger partial charge in [-0.2, -0.15) is 0 Å². The fourth-order valence-corrected chi connectivity index (χ4v) is 4.79. The lowest BCUT2D eigenvalue weighted by atomic mass is 9.89. The van der Waals surface area contributed by atoms with Crippen molar-refractivity contribution in [3.05, 3.63) is 35.9 Å². The number of aliphatic hydroxyl groups excluding tert-OH is 1. The molecule has 3 N–H and O–H groups in total. The number of unbranched alkanes of at least 4 members (excludes halogenated alkanes) is 5. The van der Waals surface area contributed by atoms with E-state index in [1.165, 1.54) is 23.1 Å². The average molecular weight is 502 g/mol. The zero-order chi connectivity index (χ0) is 26.5. The van der Waals surface area contributed by atoms with Gasteiger partial charge in [0.25, 0.3) is 0 Å². The van der Waals surface area contributed by atoms with Crippen molar-refractivity contribution in [1.29, 1.82) is 0 Å². The van der Waals surface area contributed by atoms with Gasteiger partial charge >= 0.3 is 0 Å². The van der Waals surface area contributed by atoms with Crippen molar-refractivity contribution in [3.8, 4) is 11.5 Å². The predicted octanol–water partition coefficient (Wildman–Crippen LogP) is 5.17. The second-order valence-corrected chi connectivity index (χ2v) is 10.1. The first-order chi connectivity index (χ1) is 17.2. The molecule has 1 aromatic carbocycles. The van der Waals surface area contributed by atoms with E-state index in [4.69, 9.17) is 0 Å². The third-order valence-electron chi connectivity index (χ3n) is 7.10. The highest BCUT2D eigenvalue weighted by Crippen LogP contribution is 2.34. The van der Waals surface area contributed by atoms with Crippen LogP contribution in [0.1, 0.15) is 94.3 Å². The van der Waals surface area contributed by atoms with Gasteiger partial charge in [-0.15, -0.1) is 0 Å². The highest BCUT2D eigenvalue weighted by atomic mass is 16.3. The quantitative estimate of drug-likeness (QED) is 0.125. The Morgan fingerprint density at radius 2 is 1.83 bits per heavy atom. The third kappa shape index (κ3) is 9.76. The predicted molar refractivity (Wildman–Crippen MR) is 140 cm³/mol. The van der Waals surface area contributed by atoms with Gasteiger partial charge in [-0.3, -0.25) is 14.4 Å². The zero-order valence-corrected chi connectivity index (χ0v) is 21.8. The minimum Gasteiger partial charge on any atom is -0.504 e. The second-order valence-electron chi connectivity index (χ2n) is 10.1. The van der Waals surface area contributed by atoms with Crippen LogP contribution >= 0.6 is 0 Å². The van der Waals surface area contributed by atoms with Gasteiger partial charge in [-0.25, -0.2) is 0 Å². The molecular weight excluding hydrogens is 458 g/mol. The molecule has 7 heteroatoms. The lowest BCUT2D eigenvalue weighted by Gasteiger charge is -2.17. The summed E-state index contributed by atoms with van der Waals surface area (Å²) >= 11 is 0. The van der Waals surface area contributed by atoms with E-state index in [1.54, 1.807) is 7.05 Å². The van der Waals surface area contributed by atoms with Crippen molar-refractivity contribution in [1.82, 2.24) is 4.90 Å². The van der Waals surface area contributed by atoms with Gasteiger partial charge < -0.3 is 20.2 Å². The Morgan fingerprint density at radius 1 is 1.08 bits per heavy atom. The van der Waals surface area contributed by atoms with Gasteiger partial charge in [-0.1, -0.05) is 57.6 Å². The van der Waals surface area contributed by atoms with Crippen LogP contribution < -0.4 is 0 Å². The van der Waals surface area contributed by atoms with Crippen molar-refractivity contribution in [2.45, 2.75) is 90.1 Å². The number of Topliss-reactive ketones (excluding diaryl/α,β-unsaturated/α-hetero) is 2. The Bertz CT molecular complexity index is 896. The Hall–Kier alpha value is -2.67. The molecule has 0 aliphatic heterocycles. The van der Waals surface area contributed by atoms with E-state index in [-0.39, 0.29) is 47.1 Å². The van der Waals surface area contributed by atoms with E-state index in [9.17, 15) is 29.7 Å². The van der Waals surface area contributed by atoms with Crippen molar-refractivity contribution < 1.29 is 29.7 Å². The summed E-state index contributed by atoms with van der Waals surface area (Å²) in [7, 11) is 1.58. The maximum atomic E-state index is 12.4. The molecule has 7 nitrogen and oxygen atoms in total. The molecule has 1 aliphatic carbocycles. The number of rotatable bonds is 16. The number of hydrogen-bond acceptors (Lipinski definition) is 6. The Morgan fingerprint density at radius 3 is 2.56 bits per heavy atom. The number of aliphatic hydroxyl groups is 1. The molecule has 1 saturated carbocycles. The number of phenols is 2. The number of likely N-dealkylation sites (N-methyl/N-ethyl adjacent to an activating group) is 1. The summed E-state index contributed by atoms with van der Waals surface area (Å²) in [5.74, 6) is -0.481. The number of amides is 1. The van der Waals surface area contributed by atoms with Gasteiger partial charge in [0.2, 0.25) is 5.91 Å². The SMILES string of the molecule is CCCCC[C@@H](O)C=C[C@@H]1CCC(=O)[C@@H]1CCCCCCC(=O)N(C)CC(=O)c1ccc(O)c(O)c1. The third-order valence-corrected chi connectivity index (χ3v) is 7.10. The van der Waals surface area contributed by atoms with Crippen molar-refractivity contribution >= 4 is 17.5 Å². The van der Waals surface area contributed by atoms with Crippen LogP contribution in [-0.2, 0) is 9.59 Å². The minimum absolute atomic E-state index is 0.0437. The van der Waals surface area contributed by atoms with Crippen molar-refractivity contribution in [3.63, 3.8) is 0 Å². The number of carbonyl (C=O) groups is 3. The monoisotopic (exact) mass is 501 g/mol. The molecule has 36 heavy (non-hydrogen) atoms. The Balaban J connectivity index is 1.65. The lowest BCUT2D eigenvalue weighted by Crippen LogP contribution is -2.31. The normalized spacial score (nSPS) is 18.6. The van der Waals surface area contributed by atoms with E-state index < -0.39 is 6.10 Å². The first-order valence-electron chi connectivity index (χ1n) is 13.4. The number of ketones is 2. The van der Waals surface area contributed by atoms with Crippen LogP contribution in [0.15, 0.2) is 30.4 Å². The molecule has 1 aromatic rings. The summed E-state index contributed by atoms with van der Waals surface area (Å²) in [6.07, 6.45) is 13.8. The molecule has 0 aromatic heterocycles. The largest absolute Gasteiger partial charge is 0.504 e. The molecule has 1 amide bonds. The van der Waals surface area contributed by atoms with Crippen LogP contribution in [0.2, 0.25) is 0 Å². The number of hydrogen-bond donors (Lipinski definition) is 3. The molecule has 0 heterocycles. The maximum absolute atomic E-state index is 12.4. The summed E-state index contributed by atoms with van der Waals surface area (Å²) in [6, 6.07) is 3.86. The van der Waals surface area contributed by atoms with Gasteiger partial charge in [0.15, 0.2) is 17.3 Å². The Labute approximate surface area is 215 Å². The number of aromatic hydroxyl groups is 2. The van der Waals surface area contributed by atoms with Gasteiger partial charge in [0.05, 0.1) is 12.6 Å². The molecule has 1 fully saturated rings. The summed E-state index contributed by atoms with van der Waals surface area (Å²) in [5, 5.41) is 29.0. The molecule has 0 bridgehead atoms. The molecule has 0 saturated heterocycles. The Kier molecular flexibility index (Phi) is 12.7. The number of carbonyl (C=O) groups excluding carboxylic acids is 3. The molecule has 1 aliphatic rings. The number of benzene rings is 1. The summed E-state index contributed by atoms with van der Waals surface area (Å²) in [6.45, 7) is 2.06. The molecule has 0 radical (unpaired) electrons. The number of allylic oxidation sites excluding steroid dienone is 1. The van der Waals surface area contributed by atoms with E-state index in [0.717, 1.165) is 64.2 Å². The maximum Gasteiger partial charge on any atom is 0.222 e. The first-order valence-corrected chi connectivity index (χ1v) is 13.4. The average Bonchev–Trinajstić information content (AvgIpc) is 3.20. The molecular formula is C29H43NO6. The highest BCUT2D eigenvalue weighted by Gasteiger charge is 2.32.